The minimum Gasteiger partial charge on any atom is -0.330 e. The van der Waals surface area contributed by atoms with Crippen molar-refractivity contribution in [1.82, 2.24) is 0 Å². The summed E-state index contributed by atoms with van der Waals surface area (Å²) in [6, 6.07) is 8.29. The van der Waals surface area contributed by atoms with E-state index in [4.69, 9.17) is 5.73 Å². The summed E-state index contributed by atoms with van der Waals surface area (Å²) >= 11 is 0. The lowest BCUT2D eigenvalue weighted by molar-refractivity contribution is -0.119. The molecule has 1 aromatic carbocycles. The molecule has 3 heteroatoms. The van der Waals surface area contributed by atoms with E-state index in [0.29, 0.717) is 18.9 Å². The second kappa shape index (κ2) is 6.71. The van der Waals surface area contributed by atoms with E-state index in [1.807, 2.05) is 11.0 Å². The van der Waals surface area contributed by atoms with E-state index < -0.39 is 0 Å². The van der Waals surface area contributed by atoms with E-state index in [-0.39, 0.29) is 5.91 Å². The van der Waals surface area contributed by atoms with Gasteiger partial charge >= 0.3 is 0 Å². The van der Waals surface area contributed by atoms with Crippen molar-refractivity contribution in [1.29, 1.82) is 0 Å². The lowest BCUT2D eigenvalue weighted by Gasteiger charge is -2.24. The van der Waals surface area contributed by atoms with Gasteiger partial charge in [-0.2, -0.15) is 0 Å². The molecule has 0 spiro atoms. The molecule has 1 unspecified atom stereocenters. The summed E-state index contributed by atoms with van der Waals surface area (Å²) < 4.78 is 0. The predicted octanol–water partition coefficient (Wildman–Crippen LogP) is 2.73. The molecule has 0 radical (unpaired) electrons. The van der Waals surface area contributed by atoms with Gasteiger partial charge in [0.1, 0.15) is 0 Å². The fourth-order valence-corrected chi connectivity index (χ4v) is 2.70. The highest BCUT2D eigenvalue weighted by atomic mass is 16.2. The summed E-state index contributed by atoms with van der Waals surface area (Å²) in [4.78, 5) is 14.5. The molecular formula is C16H24N2O. The number of hydrogen-bond donors (Lipinski definition) is 1. The third kappa shape index (κ3) is 3.35. The standard InChI is InChI=1S/C16H24N2O/c1-2-13(12-17)11-16(19)18-10-6-5-8-14-7-3-4-9-15(14)18/h3-4,7,9,13H,2,5-6,8,10-12,17H2,1H3. The predicted molar refractivity (Wildman–Crippen MR) is 79.2 cm³/mol. The van der Waals surface area contributed by atoms with Crippen molar-refractivity contribution in [3.63, 3.8) is 0 Å². The summed E-state index contributed by atoms with van der Waals surface area (Å²) in [5.41, 5.74) is 8.12. The first-order chi connectivity index (χ1) is 9.26. The monoisotopic (exact) mass is 260 g/mol. The fourth-order valence-electron chi connectivity index (χ4n) is 2.70. The van der Waals surface area contributed by atoms with E-state index in [0.717, 1.165) is 37.9 Å². The maximum absolute atomic E-state index is 12.5. The first-order valence-electron chi connectivity index (χ1n) is 7.34. The summed E-state index contributed by atoms with van der Waals surface area (Å²) in [6.07, 6.45) is 4.86. The molecule has 104 valence electrons. The van der Waals surface area contributed by atoms with E-state index in [1.165, 1.54) is 5.56 Å². The SMILES string of the molecule is CCC(CN)CC(=O)N1CCCCc2ccccc21. The lowest BCUT2D eigenvalue weighted by Crippen LogP contribution is -2.34. The van der Waals surface area contributed by atoms with Crippen molar-refractivity contribution in [2.75, 3.05) is 18.0 Å². The first kappa shape index (κ1) is 14.1. The molecule has 3 nitrogen and oxygen atoms in total. The van der Waals surface area contributed by atoms with Crippen molar-refractivity contribution in [3.8, 4) is 0 Å². The zero-order valence-corrected chi connectivity index (χ0v) is 11.8. The molecule has 1 aliphatic rings. The highest BCUT2D eigenvalue weighted by Crippen LogP contribution is 2.27. The van der Waals surface area contributed by atoms with Crippen molar-refractivity contribution < 1.29 is 4.79 Å². The Bertz CT molecular complexity index is 427. The molecule has 0 aliphatic carbocycles. The van der Waals surface area contributed by atoms with Gasteiger partial charge < -0.3 is 10.6 Å². The van der Waals surface area contributed by atoms with E-state index in [1.54, 1.807) is 0 Å². The molecule has 2 rings (SSSR count). The van der Waals surface area contributed by atoms with Crippen LogP contribution < -0.4 is 10.6 Å². The topological polar surface area (TPSA) is 46.3 Å². The maximum atomic E-state index is 12.5. The van der Waals surface area contributed by atoms with Crippen LogP contribution in [-0.2, 0) is 11.2 Å². The molecule has 0 saturated carbocycles. The van der Waals surface area contributed by atoms with Gasteiger partial charge in [-0.25, -0.2) is 0 Å². The van der Waals surface area contributed by atoms with Gasteiger partial charge in [0.25, 0.3) is 0 Å². The van der Waals surface area contributed by atoms with Crippen LogP contribution in [0, 0.1) is 5.92 Å². The van der Waals surface area contributed by atoms with Crippen LogP contribution in [0.1, 0.15) is 38.2 Å². The van der Waals surface area contributed by atoms with Crippen LogP contribution in [0.5, 0.6) is 0 Å². The number of aryl methyl sites for hydroxylation is 1. The molecule has 1 aliphatic heterocycles. The zero-order chi connectivity index (χ0) is 13.7. The highest BCUT2D eigenvalue weighted by molar-refractivity contribution is 5.94. The first-order valence-corrected chi connectivity index (χ1v) is 7.34. The largest absolute Gasteiger partial charge is 0.330 e. The highest BCUT2D eigenvalue weighted by Gasteiger charge is 2.22. The van der Waals surface area contributed by atoms with Gasteiger partial charge in [-0.3, -0.25) is 4.79 Å². The Hall–Kier alpha value is -1.35. The van der Waals surface area contributed by atoms with Crippen LogP contribution >= 0.6 is 0 Å². The van der Waals surface area contributed by atoms with Crippen LogP contribution in [0.3, 0.4) is 0 Å². The van der Waals surface area contributed by atoms with Crippen molar-refractivity contribution in [3.05, 3.63) is 29.8 Å². The number of anilines is 1. The van der Waals surface area contributed by atoms with Crippen molar-refractivity contribution in [2.45, 2.75) is 39.0 Å². The molecule has 0 aromatic heterocycles. The Morgan fingerprint density at radius 1 is 1.37 bits per heavy atom. The number of benzene rings is 1. The number of nitrogens with two attached hydrogens (primary N) is 1. The average Bonchev–Trinajstić information content (AvgIpc) is 2.66. The Labute approximate surface area is 115 Å². The van der Waals surface area contributed by atoms with Crippen LogP contribution in [0.4, 0.5) is 5.69 Å². The van der Waals surface area contributed by atoms with E-state index >= 15 is 0 Å². The van der Waals surface area contributed by atoms with Crippen molar-refractivity contribution >= 4 is 11.6 Å². The molecule has 1 heterocycles. The quantitative estimate of drug-likeness (QED) is 0.904. The third-order valence-electron chi connectivity index (χ3n) is 4.04. The number of fused-ring (bicyclic) bond motifs is 1. The Morgan fingerprint density at radius 2 is 2.16 bits per heavy atom. The zero-order valence-electron chi connectivity index (χ0n) is 11.8. The van der Waals surface area contributed by atoms with Gasteiger partial charge in [-0.15, -0.1) is 0 Å². The molecular weight excluding hydrogens is 236 g/mol. The average molecular weight is 260 g/mol. The fraction of sp³-hybridized carbons (Fsp3) is 0.562. The number of carbonyl (C=O) groups is 1. The van der Waals surface area contributed by atoms with Crippen LogP contribution in [-0.4, -0.2) is 19.0 Å². The lowest BCUT2D eigenvalue weighted by atomic mass is 10.0. The smallest absolute Gasteiger partial charge is 0.227 e. The summed E-state index contributed by atoms with van der Waals surface area (Å²) in [5.74, 6) is 0.537. The molecule has 0 bridgehead atoms. The molecule has 2 N–H and O–H groups in total. The summed E-state index contributed by atoms with van der Waals surface area (Å²) in [6.45, 7) is 3.54. The van der Waals surface area contributed by atoms with Gasteiger partial charge in [0.15, 0.2) is 0 Å². The molecule has 0 saturated heterocycles. The second-order valence-electron chi connectivity index (χ2n) is 5.35. The van der Waals surface area contributed by atoms with E-state index in [9.17, 15) is 4.79 Å². The number of para-hydroxylation sites is 1. The number of hydrogen-bond acceptors (Lipinski definition) is 2. The Morgan fingerprint density at radius 3 is 2.89 bits per heavy atom. The second-order valence-corrected chi connectivity index (χ2v) is 5.35. The number of nitrogens with zero attached hydrogens (tertiary/aromatic N) is 1. The molecule has 0 fully saturated rings. The maximum Gasteiger partial charge on any atom is 0.227 e. The summed E-state index contributed by atoms with van der Waals surface area (Å²) in [5, 5.41) is 0. The third-order valence-corrected chi connectivity index (χ3v) is 4.04. The van der Waals surface area contributed by atoms with Gasteiger partial charge in [0.05, 0.1) is 0 Å². The van der Waals surface area contributed by atoms with Crippen LogP contribution in [0.25, 0.3) is 0 Å². The minimum atomic E-state index is 0.228. The van der Waals surface area contributed by atoms with Gasteiger partial charge in [-0.05, 0) is 43.4 Å². The molecule has 1 atom stereocenters. The van der Waals surface area contributed by atoms with Crippen molar-refractivity contribution in [2.24, 2.45) is 11.7 Å². The summed E-state index contributed by atoms with van der Waals surface area (Å²) in [7, 11) is 0. The van der Waals surface area contributed by atoms with Gasteiger partial charge in [-0.1, -0.05) is 31.5 Å². The number of carbonyl (C=O) groups excluding carboxylic acids is 1. The minimum absolute atomic E-state index is 0.228. The van der Waals surface area contributed by atoms with Gasteiger partial charge in [0, 0.05) is 18.7 Å². The Balaban J connectivity index is 2.17. The molecule has 1 aromatic rings. The molecule has 1 amide bonds. The van der Waals surface area contributed by atoms with Crippen LogP contribution in [0.2, 0.25) is 0 Å². The Kier molecular flexibility index (Phi) is 4.97. The van der Waals surface area contributed by atoms with Crippen LogP contribution in [0.15, 0.2) is 24.3 Å². The normalized spacial score (nSPS) is 16.6. The van der Waals surface area contributed by atoms with Gasteiger partial charge in [0.2, 0.25) is 5.91 Å². The molecule has 19 heavy (non-hydrogen) atoms. The van der Waals surface area contributed by atoms with E-state index in [2.05, 4.69) is 25.1 Å². The number of amides is 1. The number of rotatable bonds is 4.